The molecule has 2 heterocycles. The van der Waals surface area contributed by atoms with Gasteiger partial charge in [0.2, 0.25) is 5.82 Å². The van der Waals surface area contributed by atoms with Gasteiger partial charge in [-0.05, 0) is 26.0 Å². The van der Waals surface area contributed by atoms with Gasteiger partial charge in [-0.2, -0.15) is 4.98 Å². The van der Waals surface area contributed by atoms with Crippen molar-refractivity contribution < 1.29 is 23.5 Å². The summed E-state index contributed by atoms with van der Waals surface area (Å²) < 4.78 is 20.7. The number of carbonyl (C=O) groups is 1. The maximum atomic E-state index is 12.0. The summed E-state index contributed by atoms with van der Waals surface area (Å²) in [5.41, 5.74) is 1.41. The van der Waals surface area contributed by atoms with Crippen LogP contribution in [-0.4, -0.2) is 41.9 Å². The number of rotatable bonds is 6. The molecule has 0 fully saturated rings. The van der Waals surface area contributed by atoms with Gasteiger partial charge in [0.15, 0.2) is 0 Å². The standard InChI is InChI=1S/C17H18N4O5/c1-5-25-17(22)15-19-14(13-9(2)21-26-16(13)20-15)18-11-7-6-10(23-3)8-12(11)24-4/h6-8H,5H2,1-4H3,(H,18,19,20). The highest BCUT2D eigenvalue weighted by molar-refractivity contribution is 5.94. The second kappa shape index (κ2) is 7.26. The molecule has 9 heteroatoms. The normalized spacial score (nSPS) is 10.6. The quantitative estimate of drug-likeness (QED) is 0.665. The van der Waals surface area contributed by atoms with Crippen molar-refractivity contribution in [2.24, 2.45) is 0 Å². The monoisotopic (exact) mass is 358 g/mol. The number of anilines is 2. The van der Waals surface area contributed by atoms with Gasteiger partial charge < -0.3 is 24.1 Å². The molecule has 1 aromatic carbocycles. The third-order valence-corrected chi connectivity index (χ3v) is 3.63. The fourth-order valence-corrected chi connectivity index (χ4v) is 2.40. The summed E-state index contributed by atoms with van der Waals surface area (Å²) in [7, 11) is 3.12. The van der Waals surface area contributed by atoms with Crippen LogP contribution in [0.15, 0.2) is 22.7 Å². The fourth-order valence-electron chi connectivity index (χ4n) is 2.40. The lowest BCUT2D eigenvalue weighted by Gasteiger charge is -2.13. The van der Waals surface area contributed by atoms with Crippen molar-refractivity contribution in [1.82, 2.24) is 15.1 Å². The van der Waals surface area contributed by atoms with E-state index in [9.17, 15) is 4.79 Å². The van der Waals surface area contributed by atoms with E-state index in [0.29, 0.717) is 34.1 Å². The molecular weight excluding hydrogens is 340 g/mol. The highest BCUT2D eigenvalue weighted by atomic mass is 16.5. The van der Waals surface area contributed by atoms with Gasteiger partial charge in [-0.15, -0.1) is 0 Å². The van der Waals surface area contributed by atoms with Crippen LogP contribution in [0.4, 0.5) is 11.5 Å². The third kappa shape index (κ3) is 3.23. The van der Waals surface area contributed by atoms with E-state index in [1.165, 1.54) is 0 Å². The van der Waals surface area contributed by atoms with Crippen LogP contribution in [0.25, 0.3) is 11.1 Å². The average Bonchev–Trinajstić information content (AvgIpc) is 3.03. The van der Waals surface area contributed by atoms with Gasteiger partial charge in [-0.25, -0.2) is 9.78 Å². The molecule has 0 atom stereocenters. The van der Waals surface area contributed by atoms with Crippen LogP contribution in [-0.2, 0) is 4.74 Å². The number of nitrogens with zero attached hydrogens (tertiary/aromatic N) is 3. The predicted molar refractivity (Wildman–Crippen MR) is 93.1 cm³/mol. The van der Waals surface area contributed by atoms with Gasteiger partial charge in [0.25, 0.3) is 5.71 Å². The van der Waals surface area contributed by atoms with E-state index in [-0.39, 0.29) is 18.1 Å². The summed E-state index contributed by atoms with van der Waals surface area (Å²) >= 11 is 0. The first-order chi connectivity index (χ1) is 12.6. The van der Waals surface area contributed by atoms with Crippen LogP contribution in [0.3, 0.4) is 0 Å². The lowest BCUT2D eigenvalue weighted by molar-refractivity contribution is 0.0512. The van der Waals surface area contributed by atoms with Gasteiger partial charge >= 0.3 is 5.97 Å². The zero-order chi connectivity index (χ0) is 18.7. The molecule has 0 amide bonds. The van der Waals surface area contributed by atoms with Crippen LogP contribution in [0, 0.1) is 6.92 Å². The summed E-state index contributed by atoms with van der Waals surface area (Å²) in [4.78, 5) is 20.4. The van der Waals surface area contributed by atoms with Crippen molar-refractivity contribution in [2.75, 3.05) is 26.1 Å². The highest BCUT2D eigenvalue weighted by Crippen LogP contribution is 2.33. The Morgan fingerprint density at radius 3 is 2.73 bits per heavy atom. The average molecular weight is 358 g/mol. The summed E-state index contributed by atoms with van der Waals surface area (Å²) in [5.74, 6) is 0.787. The zero-order valence-electron chi connectivity index (χ0n) is 14.8. The van der Waals surface area contributed by atoms with E-state index in [1.807, 2.05) is 0 Å². The Balaban J connectivity index is 2.09. The van der Waals surface area contributed by atoms with Gasteiger partial charge in [0.1, 0.15) is 22.7 Å². The molecule has 0 saturated carbocycles. The Labute approximate surface area is 149 Å². The van der Waals surface area contributed by atoms with E-state index in [2.05, 4.69) is 20.4 Å². The van der Waals surface area contributed by atoms with Crippen molar-refractivity contribution in [3.63, 3.8) is 0 Å². The SMILES string of the molecule is CCOC(=O)c1nc(Nc2ccc(OC)cc2OC)c2c(C)noc2n1. The van der Waals surface area contributed by atoms with Crippen LogP contribution >= 0.6 is 0 Å². The molecule has 136 valence electrons. The number of carbonyl (C=O) groups excluding carboxylic acids is 1. The number of benzene rings is 1. The van der Waals surface area contributed by atoms with Gasteiger partial charge in [0.05, 0.1) is 32.2 Å². The molecule has 0 aliphatic carbocycles. The predicted octanol–water partition coefficient (Wildman–Crippen LogP) is 2.86. The summed E-state index contributed by atoms with van der Waals surface area (Å²) in [6.07, 6.45) is 0. The van der Waals surface area contributed by atoms with E-state index < -0.39 is 5.97 Å². The number of hydrogen-bond acceptors (Lipinski definition) is 9. The molecule has 9 nitrogen and oxygen atoms in total. The fraction of sp³-hybridized carbons (Fsp3) is 0.294. The van der Waals surface area contributed by atoms with Crippen molar-refractivity contribution in [3.8, 4) is 11.5 Å². The summed E-state index contributed by atoms with van der Waals surface area (Å²) in [6.45, 7) is 3.68. The lowest BCUT2D eigenvalue weighted by atomic mass is 10.2. The van der Waals surface area contributed by atoms with E-state index >= 15 is 0 Å². The zero-order valence-corrected chi connectivity index (χ0v) is 14.8. The molecule has 0 spiro atoms. The molecule has 0 saturated heterocycles. The minimum atomic E-state index is -0.645. The first-order valence-electron chi connectivity index (χ1n) is 7.87. The molecule has 0 bridgehead atoms. The highest BCUT2D eigenvalue weighted by Gasteiger charge is 2.20. The summed E-state index contributed by atoms with van der Waals surface area (Å²) in [5, 5.41) is 7.60. The molecule has 0 aliphatic rings. The number of aromatic nitrogens is 3. The van der Waals surface area contributed by atoms with Crippen LogP contribution in [0.1, 0.15) is 23.2 Å². The van der Waals surface area contributed by atoms with Crippen molar-refractivity contribution in [2.45, 2.75) is 13.8 Å². The van der Waals surface area contributed by atoms with E-state index in [4.69, 9.17) is 18.7 Å². The third-order valence-electron chi connectivity index (χ3n) is 3.63. The van der Waals surface area contributed by atoms with Gasteiger partial charge in [-0.1, -0.05) is 5.16 Å². The number of ether oxygens (including phenoxy) is 3. The topological polar surface area (TPSA) is 109 Å². The summed E-state index contributed by atoms with van der Waals surface area (Å²) in [6, 6.07) is 5.28. The number of esters is 1. The second-order valence-electron chi connectivity index (χ2n) is 5.26. The second-order valence-corrected chi connectivity index (χ2v) is 5.26. The number of nitrogens with one attached hydrogen (secondary N) is 1. The van der Waals surface area contributed by atoms with Crippen molar-refractivity contribution in [1.29, 1.82) is 0 Å². The molecule has 3 rings (SSSR count). The molecule has 1 N–H and O–H groups in total. The smallest absolute Gasteiger partial charge is 0.376 e. The Hall–Kier alpha value is -3.36. The largest absolute Gasteiger partial charge is 0.497 e. The maximum Gasteiger partial charge on any atom is 0.376 e. The molecule has 0 unspecified atom stereocenters. The Morgan fingerprint density at radius 1 is 1.23 bits per heavy atom. The Morgan fingerprint density at radius 2 is 2.04 bits per heavy atom. The van der Waals surface area contributed by atoms with Crippen molar-refractivity contribution in [3.05, 3.63) is 29.7 Å². The molecular formula is C17H18N4O5. The van der Waals surface area contributed by atoms with Gasteiger partial charge in [0, 0.05) is 6.07 Å². The number of aryl methyl sites for hydroxylation is 1. The van der Waals surface area contributed by atoms with Crippen LogP contribution in [0.2, 0.25) is 0 Å². The molecule has 3 aromatic rings. The van der Waals surface area contributed by atoms with Crippen LogP contribution in [0.5, 0.6) is 11.5 Å². The molecule has 0 radical (unpaired) electrons. The molecule has 0 aliphatic heterocycles. The van der Waals surface area contributed by atoms with E-state index in [1.54, 1.807) is 46.3 Å². The number of methoxy groups -OCH3 is 2. The van der Waals surface area contributed by atoms with Gasteiger partial charge in [-0.3, -0.25) is 0 Å². The molecule has 2 aromatic heterocycles. The maximum absolute atomic E-state index is 12.0. The number of fused-ring (bicyclic) bond motifs is 1. The first kappa shape index (κ1) is 17.5. The van der Waals surface area contributed by atoms with Crippen molar-refractivity contribution >= 4 is 28.6 Å². The van der Waals surface area contributed by atoms with Crippen LogP contribution < -0.4 is 14.8 Å². The Bertz CT molecular complexity index is 954. The molecule has 26 heavy (non-hydrogen) atoms. The minimum Gasteiger partial charge on any atom is -0.497 e. The minimum absolute atomic E-state index is 0.120. The lowest BCUT2D eigenvalue weighted by Crippen LogP contribution is -2.11. The van der Waals surface area contributed by atoms with E-state index in [0.717, 1.165) is 0 Å². The first-order valence-corrected chi connectivity index (χ1v) is 7.87. The number of hydrogen-bond donors (Lipinski definition) is 1. The Kier molecular flexibility index (Phi) is 4.87.